The highest BCUT2D eigenvalue weighted by Crippen LogP contribution is 2.35. The molecule has 38 heavy (non-hydrogen) atoms. The molecular weight excluding hydrogens is 612 g/mol. The van der Waals surface area contributed by atoms with Gasteiger partial charge in [-0.1, -0.05) is 35.1 Å². The van der Waals surface area contributed by atoms with Gasteiger partial charge in [0.25, 0.3) is 5.56 Å². The van der Waals surface area contributed by atoms with Gasteiger partial charge in [-0.3, -0.25) is 9.36 Å². The van der Waals surface area contributed by atoms with E-state index < -0.39 is 12.0 Å². The van der Waals surface area contributed by atoms with Gasteiger partial charge < -0.3 is 9.15 Å². The second-order valence-corrected chi connectivity index (χ2v) is 11.5. The number of carbonyl (C=O) groups excluding carboxylic acids is 1. The summed E-state index contributed by atoms with van der Waals surface area (Å²) in [6, 6.07) is 9.93. The van der Waals surface area contributed by atoms with Crippen LogP contribution < -0.4 is 14.9 Å². The fraction of sp³-hybridized carbons (Fsp3) is 0.192. The Morgan fingerprint density at radius 1 is 1.29 bits per heavy atom. The van der Waals surface area contributed by atoms with Crippen molar-refractivity contribution in [3.05, 3.63) is 100 Å². The van der Waals surface area contributed by atoms with E-state index in [-0.39, 0.29) is 12.2 Å². The van der Waals surface area contributed by atoms with Crippen LogP contribution in [-0.2, 0) is 9.53 Å². The van der Waals surface area contributed by atoms with Gasteiger partial charge in [0.1, 0.15) is 5.76 Å². The molecule has 0 N–H and O–H groups in total. The fourth-order valence-electron chi connectivity index (χ4n) is 3.95. The molecule has 0 radical (unpaired) electrons. The summed E-state index contributed by atoms with van der Waals surface area (Å²) in [4.78, 5) is 40.4. The monoisotopic (exact) mass is 630 g/mol. The van der Waals surface area contributed by atoms with Crippen molar-refractivity contribution in [3.63, 3.8) is 0 Å². The number of nitrogens with zero attached hydrogens (tertiary/aromatic N) is 4. The second kappa shape index (κ2) is 11.0. The molecule has 0 unspecified atom stereocenters. The molecule has 1 atom stereocenters. The van der Waals surface area contributed by atoms with Crippen molar-refractivity contribution in [2.24, 2.45) is 4.99 Å². The van der Waals surface area contributed by atoms with Crippen LogP contribution in [0.5, 0.6) is 0 Å². The Balaban J connectivity index is 1.60. The highest BCUT2D eigenvalue weighted by molar-refractivity contribution is 9.10. The number of halogens is 2. The van der Waals surface area contributed by atoms with Gasteiger partial charge in [0.2, 0.25) is 0 Å². The topological polar surface area (TPSA) is 99.6 Å². The predicted octanol–water partition coefficient (Wildman–Crippen LogP) is 5.06. The third kappa shape index (κ3) is 5.28. The zero-order valence-electron chi connectivity index (χ0n) is 20.4. The van der Waals surface area contributed by atoms with Gasteiger partial charge in [0.15, 0.2) is 15.1 Å². The van der Waals surface area contributed by atoms with Crippen molar-refractivity contribution in [2.75, 3.05) is 6.61 Å². The molecule has 0 aliphatic carbocycles. The Kier molecular flexibility index (Phi) is 7.71. The first kappa shape index (κ1) is 26.6. The summed E-state index contributed by atoms with van der Waals surface area (Å²) >= 11 is 12.1. The molecule has 0 fully saturated rings. The minimum absolute atomic E-state index is 0.203. The lowest BCUT2D eigenvalue weighted by atomic mass is 9.96. The molecule has 12 heteroatoms. The van der Waals surface area contributed by atoms with Crippen molar-refractivity contribution in [1.82, 2.24) is 14.5 Å². The van der Waals surface area contributed by atoms with E-state index in [9.17, 15) is 9.59 Å². The average molecular weight is 632 g/mol. The van der Waals surface area contributed by atoms with Crippen molar-refractivity contribution in [3.8, 4) is 0 Å². The third-order valence-electron chi connectivity index (χ3n) is 5.61. The largest absolute Gasteiger partial charge is 0.463 e. The summed E-state index contributed by atoms with van der Waals surface area (Å²) in [5.74, 6) is -0.0420. The van der Waals surface area contributed by atoms with Gasteiger partial charge in [0, 0.05) is 23.0 Å². The van der Waals surface area contributed by atoms with E-state index in [2.05, 4.69) is 30.9 Å². The Hall–Kier alpha value is -2.99. The molecule has 0 amide bonds. The number of fused-ring (bicyclic) bond motifs is 1. The number of carbonyl (C=O) groups is 1. The van der Waals surface area contributed by atoms with Gasteiger partial charge in [-0.15, -0.1) is 0 Å². The number of rotatable bonds is 6. The molecule has 8 nitrogen and oxygen atoms in total. The molecule has 0 spiro atoms. The zero-order valence-corrected chi connectivity index (χ0v) is 24.4. The van der Waals surface area contributed by atoms with Gasteiger partial charge >= 0.3 is 5.97 Å². The molecule has 0 saturated heterocycles. The van der Waals surface area contributed by atoms with Crippen LogP contribution in [0.1, 0.15) is 36.9 Å². The zero-order chi connectivity index (χ0) is 27.0. The van der Waals surface area contributed by atoms with E-state index in [0.29, 0.717) is 46.1 Å². The van der Waals surface area contributed by atoms with Crippen LogP contribution in [0.2, 0.25) is 5.02 Å². The lowest BCUT2D eigenvalue weighted by molar-refractivity contribution is -0.139. The molecular formula is C26H20BrClN4O4S2. The Morgan fingerprint density at radius 3 is 2.76 bits per heavy atom. The van der Waals surface area contributed by atoms with Crippen molar-refractivity contribution in [1.29, 1.82) is 0 Å². The maximum Gasteiger partial charge on any atom is 0.338 e. The molecule has 0 saturated carbocycles. The van der Waals surface area contributed by atoms with E-state index >= 15 is 0 Å². The molecule has 1 aliphatic heterocycles. The summed E-state index contributed by atoms with van der Waals surface area (Å²) < 4.78 is 14.0. The third-order valence-corrected chi connectivity index (χ3v) is 8.56. The number of aryl methyl sites for hydroxylation is 1. The van der Waals surface area contributed by atoms with Gasteiger partial charge in [-0.25, -0.2) is 19.8 Å². The maximum absolute atomic E-state index is 13.7. The average Bonchev–Trinajstić information content (AvgIpc) is 3.37. The number of hydrogen-bond acceptors (Lipinski definition) is 9. The van der Waals surface area contributed by atoms with E-state index in [1.54, 1.807) is 56.5 Å². The molecule has 0 bridgehead atoms. The molecule has 1 aromatic carbocycles. The van der Waals surface area contributed by atoms with Crippen LogP contribution in [0.25, 0.3) is 6.08 Å². The molecule has 4 heterocycles. The maximum atomic E-state index is 13.7. The summed E-state index contributed by atoms with van der Waals surface area (Å²) in [5.41, 5.74) is 2.07. The van der Waals surface area contributed by atoms with E-state index in [1.165, 1.54) is 27.7 Å². The Morgan fingerprint density at radius 2 is 2.05 bits per heavy atom. The number of benzene rings is 1. The number of ether oxygens (including phenoxy) is 1. The number of thiazole rings is 1. The van der Waals surface area contributed by atoms with Crippen molar-refractivity contribution < 1.29 is 13.9 Å². The van der Waals surface area contributed by atoms with Gasteiger partial charge in [0.05, 0.1) is 32.9 Å². The summed E-state index contributed by atoms with van der Waals surface area (Å²) in [5, 5.41) is 1.66. The first-order valence-corrected chi connectivity index (χ1v) is 14.3. The fourth-order valence-corrected chi connectivity index (χ4v) is 6.41. The molecule has 5 rings (SSSR count). The SMILES string of the molecule is CCOC(=O)C1=C(C)N=c2s/c(=C/c3cc(Br)c(Sc4nccc(C)n4)o3)c(=O)n2[C@H]1c1ccc(Cl)cc1. The van der Waals surface area contributed by atoms with Gasteiger partial charge in [-0.2, -0.15) is 0 Å². The van der Waals surface area contributed by atoms with E-state index in [0.717, 1.165) is 11.3 Å². The van der Waals surface area contributed by atoms with Crippen LogP contribution in [0.15, 0.2) is 82.8 Å². The van der Waals surface area contributed by atoms with E-state index in [1.807, 2.05) is 13.0 Å². The van der Waals surface area contributed by atoms with E-state index in [4.69, 9.17) is 20.8 Å². The highest BCUT2D eigenvalue weighted by atomic mass is 79.9. The summed E-state index contributed by atoms with van der Waals surface area (Å²) in [7, 11) is 0. The molecule has 4 aromatic rings. The molecule has 194 valence electrons. The Labute approximate surface area is 238 Å². The second-order valence-electron chi connectivity index (χ2n) is 8.22. The molecule has 3 aromatic heterocycles. The van der Waals surface area contributed by atoms with Crippen LogP contribution >= 0.6 is 50.6 Å². The van der Waals surface area contributed by atoms with Crippen molar-refractivity contribution >= 4 is 62.7 Å². The number of hydrogen-bond donors (Lipinski definition) is 0. The standard InChI is InChI=1S/C26H20BrClN4O4S2/c1-4-35-23(34)20-14(3)31-26-32(21(20)15-5-7-16(28)8-6-15)22(33)19(37-26)12-17-11-18(27)24(36-17)38-25-29-10-9-13(2)30-25/h5-12,21H,4H2,1-3H3/b19-12+/t21-/m0/s1. The number of aromatic nitrogens is 3. The number of furan rings is 1. The van der Waals surface area contributed by atoms with Crippen LogP contribution in [0.4, 0.5) is 0 Å². The quantitative estimate of drug-likeness (QED) is 0.217. The normalized spacial score (nSPS) is 15.4. The molecule has 1 aliphatic rings. The van der Waals surface area contributed by atoms with Crippen LogP contribution in [0, 0.1) is 6.92 Å². The van der Waals surface area contributed by atoms with Crippen LogP contribution in [-0.4, -0.2) is 27.1 Å². The summed E-state index contributed by atoms with van der Waals surface area (Å²) in [6.07, 6.45) is 3.35. The van der Waals surface area contributed by atoms with Crippen molar-refractivity contribution in [2.45, 2.75) is 37.1 Å². The van der Waals surface area contributed by atoms with Crippen LogP contribution in [0.3, 0.4) is 0 Å². The minimum atomic E-state index is -0.711. The lowest BCUT2D eigenvalue weighted by Crippen LogP contribution is -2.39. The number of allylic oxidation sites excluding steroid dienone is 1. The number of esters is 1. The minimum Gasteiger partial charge on any atom is -0.463 e. The first-order valence-electron chi connectivity index (χ1n) is 11.5. The Bertz CT molecular complexity index is 1760. The smallest absolute Gasteiger partial charge is 0.338 e. The highest BCUT2D eigenvalue weighted by Gasteiger charge is 2.33. The predicted molar refractivity (Wildman–Crippen MR) is 149 cm³/mol. The summed E-state index contributed by atoms with van der Waals surface area (Å²) in [6.45, 7) is 5.57. The lowest BCUT2D eigenvalue weighted by Gasteiger charge is -2.24. The first-order chi connectivity index (χ1) is 18.2. The van der Waals surface area contributed by atoms with Gasteiger partial charge in [-0.05, 0) is 78.3 Å².